The number of aromatic nitrogens is 1. The summed E-state index contributed by atoms with van der Waals surface area (Å²) in [5.74, 6) is 0. The van der Waals surface area contributed by atoms with Crippen LogP contribution in [0.25, 0.3) is 60.9 Å². The number of hydrogen-bond donors (Lipinski definition) is 0. The summed E-state index contributed by atoms with van der Waals surface area (Å²) >= 11 is 0. The van der Waals surface area contributed by atoms with Crippen LogP contribution in [0.1, 0.15) is 154 Å². The van der Waals surface area contributed by atoms with E-state index in [1.807, 2.05) is 0 Å². The van der Waals surface area contributed by atoms with Crippen molar-refractivity contribution in [1.82, 2.24) is 4.57 Å². The van der Waals surface area contributed by atoms with Gasteiger partial charge in [-0.1, -0.05) is 170 Å². The third-order valence-electron chi connectivity index (χ3n) is 17.9. The molecule has 0 radical (unpaired) electrons. The molecule has 8 aromatic rings. The van der Waals surface area contributed by atoms with Gasteiger partial charge in [-0.25, -0.2) is 0 Å². The molecular weight excluding hydrogens is 808 g/mol. The van der Waals surface area contributed by atoms with Crippen molar-refractivity contribution in [2.75, 3.05) is 4.81 Å². The van der Waals surface area contributed by atoms with E-state index in [0.29, 0.717) is 0 Å². The third kappa shape index (κ3) is 5.19. The average Bonchev–Trinajstić information content (AvgIpc) is 3.82. The van der Waals surface area contributed by atoms with Crippen molar-refractivity contribution in [2.24, 2.45) is 0 Å². The van der Waals surface area contributed by atoms with Crippen LogP contribution in [-0.2, 0) is 32.5 Å². The fourth-order valence-electron chi connectivity index (χ4n) is 14.0. The predicted octanol–water partition coefficient (Wildman–Crippen LogP) is 15.6. The standard InChI is InChI=1S/C64H65BN2/c1-59(2,3)36-23-26-38(27-24-36)67-50-28-25-37(60(4,5)6)31-42(50)55-56-53(40-20-16-18-22-45(40)64(56,13)14)54-43-32-47-48(62(9,10)30-29-61(47,7)8)35-51(43)66-52-33-41-39-19-15-17-21-44(39)63(11,12)46(41)34-49(52)65(67)57(55)58(54)66/h15-28,31-35H,29-30H2,1-14H3. The van der Waals surface area contributed by atoms with Gasteiger partial charge < -0.3 is 9.38 Å². The summed E-state index contributed by atoms with van der Waals surface area (Å²) in [6.07, 6.45) is 2.36. The molecule has 5 aliphatic rings. The largest absolute Gasteiger partial charge is 0.376 e. The van der Waals surface area contributed by atoms with E-state index in [4.69, 9.17) is 0 Å². The van der Waals surface area contributed by atoms with Gasteiger partial charge in [-0.05, 0) is 160 Å². The summed E-state index contributed by atoms with van der Waals surface area (Å²) in [6.45, 7) is 33.9. The van der Waals surface area contributed by atoms with Crippen LogP contribution >= 0.6 is 0 Å². The first-order valence-electron chi connectivity index (χ1n) is 25.2. The molecule has 0 spiro atoms. The normalized spacial score (nSPS) is 18.3. The summed E-state index contributed by atoms with van der Waals surface area (Å²) in [4.78, 5) is 2.76. The van der Waals surface area contributed by atoms with Crippen LogP contribution in [0.15, 0.2) is 115 Å². The molecule has 7 aromatic carbocycles. The molecule has 334 valence electrons. The second kappa shape index (κ2) is 12.6. The van der Waals surface area contributed by atoms with E-state index in [9.17, 15) is 0 Å². The van der Waals surface area contributed by atoms with Crippen LogP contribution in [0.3, 0.4) is 0 Å². The first-order valence-corrected chi connectivity index (χ1v) is 25.2. The highest BCUT2D eigenvalue weighted by molar-refractivity contribution is 6.94. The van der Waals surface area contributed by atoms with Crippen molar-refractivity contribution in [1.29, 1.82) is 0 Å². The van der Waals surface area contributed by atoms with Crippen molar-refractivity contribution in [3.8, 4) is 39.1 Å². The van der Waals surface area contributed by atoms with Crippen LogP contribution < -0.4 is 15.7 Å². The lowest BCUT2D eigenvalue weighted by Crippen LogP contribution is -2.61. The van der Waals surface area contributed by atoms with Crippen molar-refractivity contribution in [3.05, 3.63) is 160 Å². The summed E-state index contributed by atoms with van der Waals surface area (Å²) in [6, 6.07) is 46.4. The molecule has 3 heteroatoms. The van der Waals surface area contributed by atoms with Gasteiger partial charge in [-0.3, -0.25) is 0 Å². The maximum absolute atomic E-state index is 2.79. The number of nitrogens with zero attached hydrogens (tertiary/aromatic N) is 2. The van der Waals surface area contributed by atoms with Gasteiger partial charge in [-0.15, -0.1) is 0 Å². The molecule has 0 fully saturated rings. The Morgan fingerprint density at radius 3 is 1.75 bits per heavy atom. The van der Waals surface area contributed by atoms with Crippen LogP contribution in [0.4, 0.5) is 11.4 Å². The summed E-state index contributed by atoms with van der Waals surface area (Å²) in [5.41, 5.74) is 29.1. The molecule has 1 aromatic heterocycles. The highest BCUT2D eigenvalue weighted by atomic mass is 15.1. The van der Waals surface area contributed by atoms with Crippen molar-refractivity contribution < 1.29 is 0 Å². The quantitative estimate of drug-likeness (QED) is 0.149. The molecule has 3 aliphatic carbocycles. The van der Waals surface area contributed by atoms with Crippen LogP contribution in [0.2, 0.25) is 0 Å². The van der Waals surface area contributed by atoms with Crippen molar-refractivity contribution in [3.63, 3.8) is 0 Å². The summed E-state index contributed by atoms with van der Waals surface area (Å²) < 4.78 is 2.79. The van der Waals surface area contributed by atoms with E-state index in [0.717, 1.165) is 0 Å². The van der Waals surface area contributed by atoms with Crippen LogP contribution in [0.5, 0.6) is 0 Å². The van der Waals surface area contributed by atoms with Gasteiger partial charge in [0, 0.05) is 44.2 Å². The molecule has 0 unspecified atom stereocenters. The molecule has 0 atom stereocenters. The van der Waals surface area contributed by atoms with E-state index in [1.165, 1.54) is 141 Å². The van der Waals surface area contributed by atoms with Gasteiger partial charge in [0.25, 0.3) is 0 Å². The molecule has 2 nitrogen and oxygen atoms in total. The average molecular weight is 873 g/mol. The molecule has 0 bridgehead atoms. The predicted molar refractivity (Wildman–Crippen MR) is 288 cm³/mol. The van der Waals surface area contributed by atoms with E-state index < -0.39 is 0 Å². The number of rotatable bonds is 1. The minimum absolute atomic E-state index is 0.0324. The Kier molecular flexibility index (Phi) is 7.81. The zero-order chi connectivity index (χ0) is 46.9. The monoisotopic (exact) mass is 873 g/mol. The fourth-order valence-corrected chi connectivity index (χ4v) is 14.0. The molecule has 0 saturated carbocycles. The highest BCUT2D eigenvalue weighted by Crippen LogP contribution is 2.61. The molecule has 13 rings (SSSR count). The lowest BCUT2D eigenvalue weighted by Gasteiger charge is -2.44. The molecule has 0 saturated heterocycles. The smallest absolute Gasteiger partial charge is 0.333 e. The number of anilines is 2. The lowest BCUT2D eigenvalue weighted by atomic mass is 9.43. The van der Waals surface area contributed by atoms with Crippen molar-refractivity contribution >= 4 is 51.0 Å². The Hall–Kier alpha value is -5.80. The minimum Gasteiger partial charge on any atom is -0.376 e. The van der Waals surface area contributed by atoms with E-state index in [-0.39, 0.29) is 39.3 Å². The summed E-state index contributed by atoms with van der Waals surface area (Å²) in [5, 5.41) is 2.83. The van der Waals surface area contributed by atoms with Gasteiger partial charge in [0.05, 0.1) is 11.0 Å². The Morgan fingerprint density at radius 2 is 1.09 bits per heavy atom. The van der Waals surface area contributed by atoms with Gasteiger partial charge >= 0.3 is 6.85 Å². The minimum atomic E-state index is -0.242. The zero-order valence-corrected chi connectivity index (χ0v) is 42.4. The van der Waals surface area contributed by atoms with Gasteiger partial charge in [0.15, 0.2) is 0 Å². The van der Waals surface area contributed by atoms with E-state index >= 15 is 0 Å². The Morgan fingerprint density at radius 1 is 0.493 bits per heavy atom. The second-order valence-electron chi connectivity index (χ2n) is 25.6. The Balaban J connectivity index is 1.29. The van der Waals surface area contributed by atoms with Gasteiger partial charge in [0.2, 0.25) is 0 Å². The maximum Gasteiger partial charge on any atom is 0.333 e. The first kappa shape index (κ1) is 41.4. The van der Waals surface area contributed by atoms with Crippen LogP contribution in [0, 0.1) is 0 Å². The second-order valence-corrected chi connectivity index (χ2v) is 25.6. The van der Waals surface area contributed by atoms with Gasteiger partial charge in [-0.2, -0.15) is 0 Å². The molecule has 0 amide bonds. The highest BCUT2D eigenvalue weighted by Gasteiger charge is 2.52. The first-order chi connectivity index (χ1) is 31.5. The number of benzene rings is 7. The number of hydrogen-bond acceptors (Lipinski definition) is 1. The SMILES string of the molecule is CC(C)(C)c1ccc(N2B3c4cc5c(cc4-n4c6cc7c(cc6c6c8c(c(c3c64)-c3cc(C(C)(C)C)ccc32)C(C)(C)c2ccccc2-8)C(C)(C)CCC7(C)C)-c2ccccc2C5(C)C)cc1. The van der Waals surface area contributed by atoms with E-state index in [2.05, 4.69) is 222 Å². The molecular formula is C64H65BN2. The molecule has 67 heavy (non-hydrogen) atoms. The maximum atomic E-state index is 2.79. The zero-order valence-electron chi connectivity index (χ0n) is 42.4. The molecule has 0 N–H and O–H groups in total. The molecule has 2 aliphatic heterocycles. The lowest BCUT2D eigenvalue weighted by molar-refractivity contribution is 0.332. The Labute approximate surface area is 399 Å². The number of fused-ring (bicyclic) bond motifs is 17. The van der Waals surface area contributed by atoms with Crippen molar-refractivity contribution in [2.45, 2.75) is 142 Å². The Bertz CT molecular complexity index is 3540. The van der Waals surface area contributed by atoms with Gasteiger partial charge in [0.1, 0.15) is 0 Å². The van der Waals surface area contributed by atoms with E-state index in [1.54, 1.807) is 0 Å². The topological polar surface area (TPSA) is 8.17 Å². The van der Waals surface area contributed by atoms with Crippen LogP contribution in [-0.4, -0.2) is 11.4 Å². The summed E-state index contributed by atoms with van der Waals surface area (Å²) in [7, 11) is 0. The third-order valence-corrected chi connectivity index (χ3v) is 17.9. The molecule has 3 heterocycles. The fraction of sp³-hybridized carbons (Fsp3) is 0.344.